The summed E-state index contributed by atoms with van der Waals surface area (Å²) >= 11 is 5.87. The second-order valence-corrected chi connectivity index (χ2v) is 6.98. The number of halogens is 1. The molecule has 0 spiro atoms. The van der Waals surface area contributed by atoms with Crippen LogP contribution >= 0.6 is 11.6 Å². The molecule has 0 aliphatic rings. The molecule has 0 aromatic heterocycles. The number of sulfonamides is 1. The molecule has 0 amide bonds. The Hall–Kier alpha value is -1.40. The minimum Gasteiger partial charge on any atom is -0.326 e. The average molecular weight is 325 g/mol. The first-order valence-electron chi connectivity index (χ1n) is 6.48. The smallest absolute Gasteiger partial charge is 0.216 e. The molecule has 21 heavy (non-hydrogen) atoms. The van der Waals surface area contributed by atoms with Gasteiger partial charge in [-0.3, -0.25) is 0 Å². The van der Waals surface area contributed by atoms with Crippen LogP contribution in [0.25, 0.3) is 0 Å². The molecule has 3 N–H and O–H groups in total. The molecule has 4 nitrogen and oxygen atoms in total. The van der Waals surface area contributed by atoms with Gasteiger partial charge in [0.25, 0.3) is 0 Å². The predicted octanol–water partition coefficient (Wildman–Crippen LogP) is 2.42. The minimum atomic E-state index is -3.40. The molecule has 0 unspecified atom stereocenters. The topological polar surface area (TPSA) is 72.2 Å². The number of hydrogen-bond donors (Lipinski definition) is 2. The third-order valence-electron chi connectivity index (χ3n) is 2.97. The normalized spacial score (nSPS) is 11.5. The van der Waals surface area contributed by atoms with Crippen LogP contribution < -0.4 is 10.5 Å². The van der Waals surface area contributed by atoms with Crippen molar-refractivity contribution in [3.8, 4) is 0 Å². The Kier molecular flexibility index (Phi) is 5.36. The Morgan fingerprint density at radius 3 is 2.38 bits per heavy atom. The minimum absolute atomic E-state index is 0.0680. The maximum Gasteiger partial charge on any atom is 0.216 e. The highest BCUT2D eigenvalue weighted by atomic mass is 35.5. The number of nitrogens with two attached hydrogens (primary N) is 1. The summed E-state index contributed by atoms with van der Waals surface area (Å²) in [6.07, 6.45) is 0. The standard InChI is InChI=1S/C15H17ClN2O2S/c16-15-6-2-4-13(8-15)10-18-21(19,20)11-14-5-1-3-12(7-14)9-17/h1-8,18H,9-11,17H2. The monoisotopic (exact) mass is 324 g/mol. The van der Waals surface area contributed by atoms with Crippen molar-refractivity contribution in [2.75, 3.05) is 0 Å². The lowest BCUT2D eigenvalue weighted by atomic mass is 10.1. The summed E-state index contributed by atoms with van der Waals surface area (Å²) in [6.45, 7) is 0.614. The van der Waals surface area contributed by atoms with Crippen LogP contribution in [0.2, 0.25) is 5.02 Å². The highest BCUT2D eigenvalue weighted by Crippen LogP contribution is 2.12. The van der Waals surface area contributed by atoms with Gasteiger partial charge >= 0.3 is 0 Å². The van der Waals surface area contributed by atoms with E-state index in [9.17, 15) is 8.42 Å². The molecule has 0 fully saturated rings. The van der Waals surface area contributed by atoms with Crippen LogP contribution in [-0.4, -0.2) is 8.42 Å². The van der Waals surface area contributed by atoms with E-state index in [1.54, 1.807) is 30.3 Å². The quantitative estimate of drug-likeness (QED) is 0.857. The molecule has 0 radical (unpaired) electrons. The zero-order chi connectivity index (χ0) is 15.3. The first-order valence-corrected chi connectivity index (χ1v) is 8.51. The summed E-state index contributed by atoms with van der Waals surface area (Å²) < 4.78 is 26.7. The molecule has 0 heterocycles. The zero-order valence-corrected chi connectivity index (χ0v) is 13.0. The van der Waals surface area contributed by atoms with Crippen LogP contribution in [0.5, 0.6) is 0 Å². The first-order chi connectivity index (χ1) is 9.98. The van der Waals surface area contributed by atoms with E-state index in [4.69, 9.17) is 17.3 Å². The summed E-state index contributed by atoms with van der Waals surface area (Å²) in [4.78, 5) is 0. The van der Waals surface area contributed by atoms with Gasteiger partial charge in [0.15, 0.2) is 0 Å². The summed E-state index contributed by atoms with van der Waals surface area (Å²) in [5.41, 5.74) is 8.01. The van der Waals surface area contributed by atoms with E-state index in [0.29, 0.717) is 11.6 Å². The first kappa shape index (κ1) is 16.0. The Morgan fingerprint density at radius 1 is 1.00 bits per heavy atom. The third kappa shape index (κ3) is 5.13. The van der Waals surface area contributed by atoms with E-state index in [1.165, 1.54) is 0 Å². The summed E-state index contributed by atoms with van der Waals surface area (Å²) in [5, 5.41) is 0.586. The highest BCUT2D eigenvalue weighted by Gasteiger charge is 2.11. The Balaban J connectivity index is 2.01. The van der Waals surface area contributed by atoms with Gasteiger partial charge in [-0.1, -0.05) is 48.0 Å². The van der Waals surface area contributed by atoms with Gasteiger partial charge in [-0.25, -0.2) is 13.1 Å². The molecule has 0 aliphatic heterocycles. The van der Waals surface area contributed by atoms with Gasteiger partial charge in [-0.15, -0.1) is 0 Å². The molecular formula is C15H17ClN2O2S. The van der Waals surface area contributed by atoms with E-state index >= 15 is 0 Å². The van der Waals surface area contributed by atoms with E-state index in [2.05, 4.69) is 4.72 Å². The van der Waals surface area contributed by atoms with Gasteiger partial charge in [0.05, 0.1) is 5.75 Å². The molecule has 112 valence electrons. The van der Waals surface area contributed by atoms with Crippen LogP contribution in [0.4, 0.5) is 0 Å². The van der Waals surface area contributed by atoms with Gasteiger partial charge in [-0.2, -0.15) is 0 Å². The maximum atomic E-state index is 12.1. The molecule has 0 saturated heterocycles. The van der Waals surface area contributed by atoms with Crippen molar-refractivity contribution >= 4 is 21.6 Å². The van der Waals surface area contributed by atoms with Crippen LogP contribution in [0.15, 0.2) is 48.5 Å². The van der Waals surface area contributed by atoms with E-state index in [0.717, 1.165) is 16.7 Å². The number of nitrogens with one attached hydrogen (secondary N) is 1. The number of hydrogen-bond acceptors (Lipinski definition) is 3. The Bertz CT molecular complexity index is 717. The molecular weight excluding hydrogens is 308 g/mol. The number of rotatable bonds is 6. The van der Waals surface area contributed by atoms with Crippen molar-refractivity contribution in [2.24, 2.45) is 5.73 Å². The van der Waals surface area contributed by atoms with E-state index in [1.807, 2.05) is 18.2 Å². The average Bonchev–Trinajstić information content (AvgIpc) is 2.45. The highest BCUT2D eigenvalue weighted by molar-refractivity contribution is 7.88. The van der Waals surface area contributed by atoms with Gasteiger partial charge in [0, 0.05) is 18.1 Å². The third-order valence-corrected chi connectivity index (χ3v) is 4.50. The van der Waals surface area contributed by atoms with Crippen molar-refractivity contribution in [3.05, 3.63) is 70.2 Å². The lowest BCUT2D eigenvalue weighted by Gasteiger charge is -2.08. The van der Waals surface area contributed by atoms with Crippen molar-refractivity contribution in [2.45, 2.75) is 18.8 Å². The van der Waals surface area contributed by atoms with E-state index in [-0.39, 0.29) is 12.3 Å². The SMILES string of the molecule is NCc1cccc(CS(=O)(=O)NCc2cccc(Cl)c2)c1. The molecule has 0 aliphatic carbocycles. The van der Waals surface area contributed by atoms with Gasteiger partial charge < -0.3 is 5.73 Å². The van der Waals surface area contributed by atoms with Gasteiger partial charge in [-0.05, 0) is 28.8 Å². The molecule has 0 atom stereocenters. The van der Waals surface area contributed by atoms with Crippen molar-refractivity contribution in [1.82, 2.24) is 4.72 Å². The van der Waals surface area contributed by atoms with Crippen LogP contribution in [-0.2, 0) is 28.9 Å². The molecule has 2 aromatic rings. The van der Waals surface area contributed by atoms with Crippen LogP contribution in [0.3, 0.4) is 0 Å². The summed E-state index contributed by atoms with van der Waals surface area (Å²) in [6, 6.07) is 14.4. The lowest BCUT2D eigenvalue weighted by Crippen LogP contribution is -2.24. The summed E-state index contributed by atoms with van der Waals surface area (Å²) in [5.74, 6) is -0.0680. The largest absolute Gasteiger partial charge is 0.326 e. The molecule has 0 bridgehead atoms. The fraction of sp³-hybridized carbons (Fsp3) is 0.200. The van der Waals surface area contributed by atoms with E-state index < -0.39 is 10.0 Å². The fourth-order valence-corrected chi connectivity index (χ4v) is 3.28. The predicted molar refractivity (Wildman–Crippen MR) is 85.2 cm³/mol. The van der Waals surface area contributed by atoms with Crippen molar-refractivity contribution in [1.29, 1.82) is 0 Å². The Morgan fingerprint density at radius 2 is 1.67 bits per heavy atom. The zero-order valence-electron chi connectivity index (χ0n) is 11.4. The fourth-order valence-electron chi connectivity index (χ4n) is 1.96. The maximum absolute atomic E-state index is 12.1. The second kappa shape index (κ2) is 7.04. The number of benzene rings is 2. The Labute approximate surface area is 130 Å². The van der Waals surface area contributed by atoms with Crippen LogP contribution in [0.1, 0.15) is 16.7 Å². The molecule has 6 heteroatoms. The summed E-state index contributed by atoms with van der Waals surface area (Å²) in [7, 11) is -3.40. The second-order valence-electron chi connectivity index (χ2n) is 4.73. The van der Waals surface area contributed by atoms with Crippen LogP contribution in [0, 0.1) is 0 Å². The molecule has 0 saturated carbocycles. The van der Waals surface area contributed by atoms with Crippen molar-refractivity contribution in [3.63, 3.8) is 0 Å². The molecule has 2 aromatic carbocycles. The van der Waals surface area contributed by atoms with Gasteiger partial charge in [0.1, 0.15) is 0 Å². The van der Waals surface area contributed by atoms with Gasteiger partial charge in [0.2, 0.25) is 10.0 Å². The lowest BCUT2D eigenvalue weighted by molar-refractivity contribution is 0.580. The molecule has 2 rings (SSSR count). The van der Waals surface area contributed by atoms with Crippen molar-refractivity contribution < 1.29 is 8.42 Å².